The van der Waals surface area contributed by atoms with Crippen LogP contribution in [0.5, 0.6) is 5.75 Å². The molecule has 0 saturated heterocycles. The number of rotatable bonds is 0. The summed E-state index contributed by atoms with van der Waals surface area (Å²) in [6, 6.07) is 3.96. The Labute approximate surface area is 74.9 Å². The predicted molar refractivity (Wildman–Crippen MR) is 44.8 cm³/mol. The number of aliphatic hydroxyl groups excluding tert-OH is 1. The van der Waals surface area contributed by atoms with E-state index in [2.05, 4.69) is 0 Å². The van der Waals surface area contributed by atoms with Crippen LogP contribution < -0.4 is 10.5 Å². The lowest BCUT2D eigenvalue weighted by Gasteiger charge is -2.27. The number of nitrogens with two attached hydrogens (primary N) is 1. The summed E-state index contributed by atoms with van der Waals surface area (Å²) >= 11 is 0. The molecule has 3 nitrogen and oxygen atoms in total. The molecule has 0 aromatic heterocycles. The summed E-state index contributed by atoms with van der Waals surface area (Å²) in [6.45, 7) is 0.0507. The first-order chi connectivity index (χ1) is 6.20. The van der Waals surface area contributed by atoms with Crippen LogP contribution in [0.1, 0.15) is 11.6 Å². The summed E-state index contributed by atoms with van der Waals surface area (Å²) < 4.78 is 18.1. The molecule has 0 saturated carbocycles. The van der Waals surface area contributed by atoms with Crippen molar-refractivity contribution >= 4 is 0 Å². The molecule has 4 heteroatoms. The predicted octanol–water partition coefficient (Wildman–Crippen LogP) is 0.579. The molecule has 1 aromatic rings. The molecule has 0 bridgehead atoms. The van der Waals surface area contributed by atoms with Crippen LogP contribution in [-0.2, 0) is 0 Å². The van der Waals surface area contributed by atoms with Gasteiger partial charge in [0.25, 0.3) is 0 Å². The molecule has 2 atom stereocenters. The van der Waals surface area contributed by atoms with Gasteiger partial charge in [-0.2, -0.15) is 0 Å². The molecule has 70 valence electrons. The van der Waals surface area contributed by atoms with E-state index >= 15 is 0 Å². The van der Waals surface area contributed by atoms with Crippen molar-refractivity contribution in [3.05, 3.63) is 29.6 Å². The number of para-hydroxylation sites is 1. The lowest BCUT2D eigenvalue weighted by atomic mass is 9.99. The highest BCUT2D eigenvalue weighted by Gasteiger charge is 2.27. The third-order valence-corrected chi connectivity index (χ3v) is 2.17. The van der Waals surface area contributed by atoms with Gasteiger partial charge in [-0.1, -0.05) is 12.1 Å². The summed E-state index contributed by atoms with van der Waals surface area (Å²) in [7, 11) is 0. The minimum atomic E-state index is -0.755. The summed E-state index contributed by atoms with van der Waals surface area (Å²) in [5.74, 6) is -0.264. The largest absolute Gasteiger partial charge is 0.487 e. The maximum absolute atomic E-state index is 13.1. The van der Waals surface area contributed by atoms with E-state index in [1.165, 1.54) is 6.07 Å². The van der Waals surface area contributed by atoms with Gasteiger partial charge in [0, 0.05) is 5.56 Å². The van der Waals surface area contributed by atoms with E-state index in [0.29, 0.717) is 5.56 Å². The fraction of sp³-hybridized carbons (Fsp3) is 0.333. The van der Waals surface area contributed by atoms with Crippen molar-refractivity contribution in [3.63, 3.8) is 0 Å². The van der Waals surface area contributed by atoms with E-state index in [1.807, 2.05) is 0 Å². The summed E-state index contributed by atoms with van der Waals surface area (Å²) in [5.41, 5.74) is 6.19. The molecule has 0 amide bonds. The first-order valence-electron chi connectivity index (χ1n) is 4.05. The van der Waals surface area contributed by atoms with E-state index in [9.17, 15) is 9.50 Å². The van der Waals surface area contributed by atoms with E-state index in [1.54, 1.807) is 12.1 Å². The van der Waals surface area contributed by atoms with Crippen LogP contribution in [-0.4, -0.2) is 17.8 Å². The molecule has 0 spiro atoms. The first kappa shape index (κ1) is 8.47. The minimum Gasteiger partial charge on any atom is -0.487 e. The summed E-state index contributed by atoms with van der Waals surface area (Å²) in [6.07, 6.45) is -0.755. The van der Waals surface area contributed by atoms with Gasteiger partial charge in [0.15, 0.2) is 11.6 Å². The van der Waals surface area contributed by atoms with E-state index in [4.69, 9.17) is 10.5 Å². The Morgan fingerprint density at radius 3 is 3.08 bits per heavy atom. The Bertz CT molecular complexity index is 329. The SMILES string of the molecule is NC1c2cccc(F)c2OC[C@H]1O. The molecule has 13 heavy (non-hydrogen) atoms. The van der Waals surface area contributed by atoms with Gasteiger partial charge in [-0.25, -0.2) is 4.39 Å². The number of aliphatic hydroxyl groups is 1. The van der Waals surface area contributed by atoms with Gasteiger partial charge in [-0.05, 0) is 6.07 Å². The van der Waals surface area contributed by atoms with Gasteiger partial charge in [0.2, 0.25) is 0 Å². The highest BCUT2D eigenvalue weighted by molar-refractivity contribution is 5.39. The average Bonchev–Trinajstić information content (AvgIpc) is 2.12. The second-order valence-corrected chi connectivity index (χ2v) is 3.06. The van der Waals surface area contributed by atoms with Crippen molar-refractivity contribution in [1.29, 1.82) is 0 Å². The maximum atomic E-state index is 13.1. The molecule has 0 fully saturated rings. The van der Waals surface area contributed by atoms with Crippen molar-refractivity contribution < 1.29 is 14.2 Å². The normalized spacial score (nSPS) is 26.4. The van der Waals surface area contributed by atoms with Crippen LogP contribution >= 0.6 is 0 Å². The maximum Gasteiger partial charge on any atom is 0.165 e. The molecular formula is C9H10FNO2. The molecular weight excluding hydrogens is 173 g/mol. The third kappa shape index (κ3) is 1.28. The zero-order valence-electron chi connectivity index (χ0n) is 6.90. The van der Waals surface area contributed by atoms with E-state index < -0.39 is 18.0 Å². The zero-order valence-corrected chi connectivity index (χ0v) is 6.90. The Balaban J connectivity index is 2.49. The van der Waals surface area contributed by atoms with Crippen LogP contribution in [0.25, 0.3) is 0 Å². The van der Waals surface area contributed by atoms with Gasteiger partial charge < -0.3 is 15.6 Å². The Kier molecular flexibility index (Phi) is 1.94. The van der Waals surface area contributed by atoms with Crippen LogP contribution in [0.2, 0.25) is 0 Å². The molecule has 1 heterocycles. The Hall–Kier alpha value is -1.13. The van der Waals surface area contributed by atoms with Crippen LogP contribution in [0, 0.1) is 5.82 Å². The lowest BCUT2D eigenvalue weighted by molar-refractivity contribution is 0.0652. The monoisotopic (exact) mass is 183 g/mol. The minimum absolute atomic E-state index is 0.0507. The van der Waals surface area contributed by atoms with Crippen molar-refractivity contribution in [3.8, 4) is 5.75 Å². The number of halogens is 1. The first-order valence-corrected chi connectivity index (χ1v) is 4.05. The standard InChI is InChI=1S/C9H10FNO2/c10-6-3-1-2-5-8(11)7(12)4-13-9(5)6/h1-3,7-8,12H,4,11H2/t7-,8?/m1/s1. The van der Waals surface area contributed by atoms with Gasteiger partial charge in [0.1, 0.15) is 12.7 Å². The average molecular weight is 183 g/mol. The fourth-order valence-corrected chi connectivity index (χ4v) is 1.42. The van der Waals surface area contributed by atoms with E-state index in [0.717, 1.165) is 0 Å². The van der Waals surface area contributed by atoms with Gasteiger partial charge in [-0.15, -0.1) is 0 Å². The number of fused-ring (bicyclic) bond motifs is 1. The highest BCUT2D eigenvalue weighted by atomic mass is 19.1. The number of ether oxygens (including phenoxy) is 1. The lowest BCUT2D eigenvalue weighted by Crippen LogP contribution is -2.36. The number of benzene rings is 1. The van der Waals surface area contributed by atoms with Crippen molar-refractivity contribution in [2.45, 2.75) is 12.1 Å². The van der Waals surface area contributed by atoms with Crippen LogP contribution in [0.15, 0.2) is 18.2 Å². The molecule has 0 aliphatic carbocycles. The second kappa shape index (κ2) is 2.97. The van der Waals surface area contributed by atoms with Gasteiger partial charge in [0.05, 0.1) is 6.04 Å². The molecule has 1 aliphatic rings. The molecule has 1 aromatic carbocycles. The quantitative estimate of drug-likeness (QED) is 0.618. The van der Waals surface area contributed by atoms with Crippen LogP contribution in [0.4, 0.5) is 4.39 Å². The molecule has 2 rings (SSSR count). The van der Waals surface area contributed by atoms with Gasteiger partial charge in [-0.3, -0.25) is 0 Å². The number of hydrogen-bond donors (Lipinski definition) is 2. The molecule has 1 aliphatic heterocycles. The van der Waals surface area contributed by atoms with Crippen LogP contribution in [0.3, 0.4) is 0 Å². The second-order valence-electron chi connectivity index (χ2n) is 3.06. The molecule has 0 radical (unpaired) electrons. The smallest absolute Gasteiger partial charge is 0.165 e. The topological polar surface area (TPSA) is 55.5 Å². The molecule has 1 unspecified atom stereocenters. The van der Waals surface area contributed by atoms with Gasteiger partial charge >= 0.3 is 0 Å². The Morgan fingerprint density at radius 1 is 1.54 bits per heavy atom. The zero-order chi connectivity index (χ0) is 9.42. The summed E-state index contributed by atoms with van der Waals surface area (Å²) in [4.78, 5) is 0. The highest BCUT2D eigenvalue weighted by Crippen LogP contribution is 2.32. The van der Waals surface area contributed by atoms with Crippen molar-refractivity contribution in [2.75, 3.05) is 6.61 Å². The van der Waals surface area contributed by atoms with E-state index in [-0.39, 0.29) is 12.4 Å². The number of hydrogen-bond acceptors (Lipinski definition) is 3. The summed E-state index contributed by atoms with van der Waals surface area (Å²) in [5, 5.41) is 9.34. The fourth-order valence-electron chi connectivity index (χ4n) is 1.42. The molecule has 3 N–H and O–H groups in total. The van der Waals surface area contributed by atoms with Crippen molar-refractivity contribution in [1.82, 2.24) is 0 Å². The van der Waals surface area contributed by atoms with Crippen molar-refractivity contribution in [2.24, 2.45) is 5.73 Å². The Morgan fingerprint density at radius 2 is 2.31 bits per heavy atom. The third-order valence-electron chi connectivity index (χ3n) is 2.17.